The average Bonchev–Trinajstić information content (AvgIpc) is 2.63. The van der Waals surface area contributed by atoms with E-state index >= 15 is 0 Å². The number of imide groups is 1. The molecule has 0 aromatic rings. The number of methoxy groups -OCH3 is 1. The van der Waals surface area contributed by atoms with Crippen LogP contribution in [0.25, 0.3) is 0 Å². The molecule has 1 aliphatic rings. The van der Waals surface area contributed by atoms with Gasteiger partial charge in [-0.1, -0.05) is 0 Å². The van der Waals surface area contributed by atoms with Gasteiger partial charge in [0.25, 0.3) is 0 Å². The summed E-state index contributed by atoms with van der Waals surface area (Å²) in [6.07, 6.45) is -7.11. The number of halogens is 3. The Morgan fingerprint density at radius 1 is 1.24 bits per heavy atom. The summed E-state index contributed by atoms with van der Waals surface area (Å²) in [6.45, 7) is 4.46. The largest absolute Gasteiger partial charge is 0.467 e. The van der Waals surface area contributed by atoms with E-state index in [1.165, 1.54) is 20.8 Å². The molecule has 1 heterocycles. The van der Waals surface area contributed by atoms with Crippen molar-refractivity contribution in [3.8, 4) is 0 Å². The van der Waals surface area contributed by atoms with E-state index in [2.05, 4.69) is 4.74 Å². The van der Waals surface area contributed by atoms with Gasteiger partial charge in [0.05, 0.1) is 13.0 Å². The van der Waals surface area contributed by atoms with Crippen LogP contribution in [-0.4, -0.2) is 47.8 Å². The maximum absolute atomic E-state index is 12.9. The molecule has 0 aliphatic carbocycles. The molecule has 0 N–H and O–H groups in total. The zero-order chi connectivity index (χ0) is 16.6. The molecular weight excluding hydrogens is 295 g/mol. The van der Waals surface area contributed by atoms with Crippen LogP contribution in [-0.2, 0) is 19.1 Å². The molecule has 0 saturated carbocycles. The Hall–Kier alpha value is -1.80. The molecule has 1 fully saturated rings. The summed E-state index contributed by atoms with van der Waals surface area (Å²) < 4.78 is 47.9. The average molecular weight is 311 g/mol. The summed E-state index contributed by atoms with van der Waals surface area (Å²) in [5.74, 6) is -4.74. The molecule has 9 heteroatoms. The Morgan fingerprint density at radius 2 is 1.76 bits per heavy atom. The van der Waals surface area contributed by atoms with Crippen LogP contribution in [0.15, 0.2) is 0 Å². The number of rotatable bonds is 1. The van der Waals surface area contributed by atoms with Gasteiger partial charge in [-0.25, -0.2) is 14.5 Å². The van der Waals surface area contributed by atoms with Crippen molar-refractivity contribution in [2.45, 2.75) is 45.0 Å². The third-order valence-corrected chi connectivity index (χ3v) is 2.78. The van der Waals surface area contributed by atoms with Gasteiger partial charge in [0.15, 0.2) is 6.04 Å². The normalized spacial score (nSPS) is 23.2. The molecule has 21 heavy (non-hydrogen) atoms. The SMILES string of the molecule is COC(=O)[C@H]1[C@@H](C(F)(F)F)CC(=O)N1C(=O)OC(C)(C)C. The van der Waals surface area contributed by atoms with Crippen molar-refractivity contribution in [3.63, 3.8) is 0 Å². The molecule has 0 aromatic carbocycles. The maximum Gasteiger partial charge on any atom is 0.417 e. The maximum atomic E-state index is 12.9. The molecule has 1 aliphatic heterocycles. The minimum atomic E-state index is -4.81. The summed E-state index contributed by atoms with van der Waals surface area (Å²) in [4.78, 5) is 35.4. The van der Waals surface area contributed by atoms with Gasteiger partial charge in [-0.2, -0.15) is 13.2 Å². The third-order valence-electron chi connectivity index (χ3n) is 2.78. The minimum Gasteiger partial charge on any atom is -0.467 e. The van der Waals surface area contributed by atoms with E-state index in [0.29, 0.717) is 0 Å². The lowest BCUT2D eigenvalue weighted by molar-refractivity contribution is -0.188. The number of hydrogen-bond acceptors (Lipinski definition) is 5. The molecule has 2 amide bonds. The molecule has 0 spiro atoms. The predicted molar refractivity (Wildman–Crippen MR) is 63.0 cm³/mol. The van der Waals surface area contributed by atoms with Crippen molar-refractivity contribution in [1.29, 1.82) is 0 Å². The fourth-order valence-electron chi connectivity index (χ4n) is 1.94. The lowest BCUT2D eigenvalue weighted by atomic mass is 10.00. The quantitative estimate of drug-likeness (QED) is 0.691. The van der Waals surface area contributed by atoms with Gasteiger partial charge in [0.2, 0.25) is 5.91 Å². The van der Waals surface area contributed by atoms with Crippen LogP contribution >= 0.6 is 0 Å². The second-order valence-electron chi connectivity index (χ2n) is 5.56. The Kier molecular flexibility index (Phi) is 4.54. The van der Waals surface area contributed by atoms with Crippen LogP contribution in [0.5, 0.6) is 0 Å². The zero-order valence-electron chi connectivity index (χ0n) is 12.0. The van der Waals surface area contributed by atoms with Crippen molar-refractivity contribution in [1.82, 2.24) is 4.90 Å². The van der Waals surface area contributed by atoms with Crippen LogP contribution in [0.2, 0.25) is 0 Å². The summed E-state index contributed by atoms with van der Waals surface area (Å²) >= 11 is 0. The highest BCUT2D eigenvalue weighted by molar-refractivity contribution is 6.00. The number of nitrogens with zero attached hydrogens (tertiary/aromatic N) is 1. The van der Waals surface area contributed by atoms with E-state index in [4.69, 9.17) is 4.74 Å². The first-order chi connectivity index (χ1) is 9.38. The van der Waals surface area contributed by atoms with Gasteiger partial charge in [-0.3, -0.25) is 4.79 Å². The van der Waals surface area contributed by atoms with E-state index in [1.54, 1.807) is 0 Å². The van der Waals surface area contributed by atoms with Crippen molar-refractivity contribution in [2.75, 3.05) is 7.11 Å². The molecule has 0 aromatic heterocycles. The number of amides is 2. The highest BCUT2D eigenvalue weighted by Gasteiger charge is 2.59. The molecule has 6 nitrogen and oxygen atoms in total. The van der Waals surface area contributed by atoms with E-state index < -0.39 is 48.1 Å². The van der Waals surface area contributed by atoms with Crippen molar-refractivity contribution >= 4 is 18.0 Å². The van der Waals surface area contributed by atoms with Crippen molar-refractivity contribution in [3.05, 3.63) is 0 Å². The second-order valence-corrected chi connectivity index (χ2v) is 5.56. The number of ether oxygens (including phenoxy) is 2. The van der Waals surface area contributed by atoms with Gasteiger partial charge in [0.1, 0.15) is 5.60 Å². The van der Waals surface area contributed by atoms with E-state index in [9.17, 15) is 27.6 Å². The molecule has 1 saturated heterocycles. The summed E-state index contributed by atoms with van der Waals surface area (Å²) in [5.41, 5.74) is -1.02. The summed E-state index contributed by atoms with van der Waals surface area (Å²) in [7, 11) is 0.881. The second kappa shape index (κ2) is 5.53. The molecule has 120 valence electrons. The topological polar surface area (TPSA) is 72.9 Å². The van der Waals surface area contributed by atoms with Gasteiger partial charge in [0, 0.05) is 6.42 Å². The molecular formula is C12H16F3NO5. The van der Waals surface area contributed by atoms with Crippen molar-refractivity contribution in [2.24, 2.45) is 5.92 Å². The number of likely N-dealkylation sites (tertiary alicyclic amines) is 1. The van der Waals surface area contributed by atoms with E-state index in [0.717, 1.165) is 7.11 Å². The van der Waals surface area contributed by atoms with Crippen LogP contribution in [0.4, 0.5) is 18.0 Å². The monoisotopic (exact) mass is 311 g/mol. The van der Waals surface area contributed by atoms with E-state index in [-0.39, 0.29) is 4.90 Å². The van der Waals surface area contributed by atoms with Crippen LogP contribution in [0.3, 0.4) is 0 Å². The first-order valence-corrected chi connectivity index (χ1v) is 6.08. The smallest absolute Gasteiger partial charge is 0.417 e. The van der Waals surface area contributed by atoms with Crippen LogP contribution in [0, 0.1) is 5.92 Å². The summed E-state index contributed by atoms with van der Waals surface area (Å²) in [5, 5.41) is 0. The van der Waals surface area contributed by atoms with Crippen LogP contribution < -0.4 is 0 Å². The summed E-state index contributed by atoms with van der Waals surface area (Å²) in [6, 6.07) is -2.06. The Labute approximate surface area is 119 Å². The Morgan fingerprint density at radius 3 is 2.14 bits per heavy atom. The van der Waals surface area contributed by atoms with Gasteiger partial charge in [-0.05, 0) is 20.8 Å². The minimum absolute atomic E-state index is 0.190. The van der Waals surface area contributed by atoms with E-state index in [1.807, 2.05) is 0 Å². The number of hydrogen-bond donors (Lipinski definition) is 0. The standard InChI is InChI=1S/C12H16F3NO5/c1-11(2,3)21-10(19)16-7(17)5-6(12(13,14)15)8(16)9(18)20-4/h6,8H,5H2,1-4H3/t6-,8+/m0/s1. The fourth-order valence-corrected chi connectivity index (χ4v) is 1.94. The predicted octanol–water partition coefficient (Wildman–Crippen LogP) is 1.87. The number of carbonyl (C=O) groups excluding carboxylic acids is 3. The lowest BCUT2D eigenvalue weighted by Gasteiger charge is -2.28. The lowest BCUT2D eigenvalue weighted by Crippen LogP contribution is -2.49. The number of alkyl halides is 3. The Bertz CT molecular complexity index is 455. The first kappa shape index (κ1) is 17.3. The first-order valence-electron chi connectivity index (χ1n) is 6.08. The van der Waals surface area contributed by atoms with Gasteiger partial charge in [-0.15, -0.1) is 0 Å². The number of esters is 1. The van der Waals surface area contributed by atoms with Crippen molar-refractivity contribution < 1.29 is 37.0 Å². The highest BCUT2D eigenvalue weighted by atomic mass is 19.4. The molecule has 0 radical (unpaired) electrons. The molecule has 2 atom stereocenters. The highest BCUT2D eigenvalue weighted by Crippen LogP contribution is 2.39. The Balaban J connectivity index is 3.13. The molecule has 0 unspecified atom stereocenters. The molecule has 1 rings (SSSR count). The zero-order valence-corrected chi connectivity index (χ0v) is 12.0. The van der Waals surface area contributed by atoms with Gasteiger partial charge >= 0.3 is 18.2 Å². The fraction of sp³-hybridized carbons (Fsp3) is 0.750. The number of carbonyl (C=O) groups is 3. The molecule has 0 bridgehead atoms. The van der Waals surface area contributed by atoms with Crippen LogP contribution in [0.1, 0.15) is 27.2 Å². The third kappa shape index (κ3) is 3.85. The van der Waals surface area contributed by atoms with Gasteiger partial charge < -0.3 is 9.47 Å².